The molecule has 6 nitrogen and oxygen atoms in total. The number of benzene rings is 1. The monoisotopic (exact) mass is 266 g/mol. The maximum absolute atomic E-state index is 11.8. The van der Waals surface area contributed by atoms with Crippen LogP contribution in [-0.4, -0.2) is 29.8 Å². The van der Waals surface area contributed by atoms with E-state index >= 15 is 0 Å². The van der Waals surface area contributed by atoms with E-state index in [9.17, 15) is 9.59 Å². The van der Waals surface area contributed by atoms with Gasteiger partial charge in [0.15, 0.2) is 0 Å². The molecule has 1 aromatic rings. The first kappa shape index (κ1) is 14.8. The minimum absolute atomic E-state index is 0.154. The summed E-state index contributed by atoms with van der Waals surface area (Å²) < 4.78 is 5.04. The molecule has 0 saturated heterocycles. The van der Waals surface area contributed by atoms with E-state index in [1.807, 2.05) is 0 Å². The first-order valence-corrected chi connectivity index (χ1v) is 5.77. The van der Waals surface area contributed by atoms with E-state index in [1.54, 1.807) is 38.1 Å². The third-order valence-electron chi connectivity index (χ3n) is 2.37. The maximum Gasteiger partial charge on any atom is 0.319 e. The zero-order valence-electron chi connectivity index (χ0n) is 11.2. The van der Waals surface area contributed by atoms with Crippen molar-refractivity contribution in [2.75, 3.05) is 12.4 Å². The number of rotatable bonds is 5. The van der Waals surface area contributed by atoms with Crippen molar-refractivity contribution in [1.82, 2.24) is 5.32 Å². The van der Waals surface area contributed by atoms with Crippen molar-refractivity contribution in [3.63, 3.8) is 0 Å². The SMILES string of the molecule is COc1cccc(NC(=O)NC(C)(C)CC(=O)O)c1. The van der Waals surface area contributed by atoms with Gasteiger partial charge in [-0.3, -0.25) is 4.79 Å². The fourth-order valence-corrected chi connectivity index (χ4v) is 1.59. The molecule has 0 unspecified atom stereocenters. The molecule has 0 bridgehead atoms. The van der Waals surface area contributed by atoms with Crippen LogP contribution in [0.15, 0.2) is 24.3 Å². The molecular weight excluding hydrogens is 248 g/mol. The Morgan fingerprint density at radius 2 is 2.05 bits per heavy atom. The number of carbonyl (C=O) groups is 2. The van der Waals surface area contributed by atoms with Crippen LogP contribution in [0.4, 0.5) is 10.5 Å². The van der Waals surface area contributed by atoms with Crippen molar-refractivity contribution in [3.05, 3.63) is 24.3 Å². The molecule has 104 valence electrons. The van der Waals surface area contributed by atoms with Crippen LogP contribution in [0.1, 0.15) is 20.3 Å². The third-order valence-corrected chi connectivity index (χ3v) is 2.37. The van der Waals surface area contributed by atoms with E-state index in [0.29, 0.717) is 11.4 Å². The molecule has 0 radical (unpaired) electrons. The van der Waals surface area contributed by atoms with Crippen molar-refractivity contribution in [2.45, 2.75) is 25.8 Å². The number of hydrogen-bond donors (Lipinski definition) is 3. The molecule has 0 aliphatic heterocycles. The molecule has 1 aromatic carbocycles. The number of nitrogens with one attached hydrogen (secondary N) is 2. The zero-order valence-corrected chi connectivity index (χ0v) is 11.2. The summed E-state index contributed by atoms with van der Waals surface area (Å²) in [6.07, 6.45) is -0.154. The number of urea groups is 1. The van der Waals surface area contributed by atoms with Crippen molar-refractivity contribution >= 4 is 17.7 Å². The predicted octanol–water partition coefficient (Wildman–Crippen LogP) is 2.07. The first-order chi connectivity index (χ1) is 8.82. The highest BCUT2D eigenvalue weighted by molar-refractivity contribution is 5.90. The van der Waals surface area contributed by atoms with Crippen molar-refractivity contribution < 1.29 is 19.4 Å². The van der Waals surface area contributed by atoms with Gasteiger partial charge in [-0.2, -0.15) is 0 Å². The normalized spacial score (nSPS) is 10.7. The van der Waals surface area contributed by atoms with Gasteiger partial charge in [0.2, 0.25) is 0 Å². The van der Waals surface area contributed by atoms with Gasteiger partial charge in [0, 0.05) is 17.3 Å². The summed E-state index contributed by atoms with van der Waals surface area (Å²) in [7, 11) is 1.54. The van der Waals surface area contributed by atoms with Crippen LogP contribution in [-0.2, 0) is 4.79 Å². The van der Waals surface area contributed by atoms with Gasteiger partial charge in [0.1, 0.15) is 5.75 Å². The third kappa shape index (κ3) is 5.29. The van der Waals surface area contributed by atoms with Crippen LogP contribution in [0, 0.1) is 0 Å². The summed E-state index contributed by atoms with van der Waals surface area (Å²) in [6.45, 7) is 3.29. The highest BCUT2D eigenvalue weighted by Crippen LogP contribution is 2.17. The maximum atomic E-state index is 11.8. The van der Waals surface area contributed by atoms with E-state index in [4.69, 9.17) is 9.84 Å². The number of anilines is 1. The Balaban J connectivity index is 2.62. The van der Waals surface area contributed by atoms with Gasteiger partial charge in [-0.25, -0.2) is 4.79 Å². The molecule has 0 atom stereocenters. The summed E-state index contributed by atoms with van der Waals surface area (Å²) in [4.78, 5) is 22.4. The van der Waals surface area contributed by atoms with Gasteiger partial charge >= 0.3 is 12.0 Å². The topological polar surface area (TPSA) is 87.7 Å². The minimum atomic E-state index is -0.966. The standard InChI is InChI=1S/C13H18N2O4/c1-13(2,8-11(16)17)15-12(18)14-9-5-4-6-10(7-9)19-3/h4-7H,8H2,1-3H3,(H,16,17)(H2,14,15,18). The molecule has 0 heterocycles. The summed E-state index contributed by atoms with van der Waals surface area (Å²) in [5.74, 6) is -0.339. The Bertz CT molecular complexity index is 471. The summed E-state index contributed by atoms with van der Waals surface area (Å²) in [5, 5.41) is 14.0. The Kier molecular flexibility index (Phi) is 4.74. The Hall–Kier alpha value is -2.24. The van der Waals surface area contributed by atoms with Crippen molar-refractivity contribution in [1.29, 1.82) is 0 Å². The van der Waals surface area contributed by atoms with Gasteiger partial charge in [-0.15, -0.1) is 0 Å². The Labute approximate surface area is 111 Å². The lowest BCUT2D eigenvalue weighted by Crippen LogP contribution is -2.46. The number of methoxy groups -OCH3 is 1. The van der Waals surface area contributed by atoms with E-state index in [2.05, 4.69) is 10.6 Å². The van der Waals surface area contributed by atoms with Crippen LogP contribution in [0.5, 0.6) is 5.75 Å². The molecule has 6 heteroatoms. The number of carboxylic acids is 1. The van der Waals surface area contributed by atoms with Gasteiger partial charge in [-0.1, -0.05) is 6.07 Å². The Morgan fingerprint density at radius 3 is 2.63 bits per heavy atom. The second-order valence-electron chi connectivity index (χ2n) is 4.77. The smallest absolute Gasteiger partial charge is 0.319 e. The van der Waals surface area contributed by atoms with E-state index in [0.717, 1.165) is 0 Å². The minimum Gasteiger partial charge on any atom is -0.497 e. The van der Waals surface area contributed by atoms with Crippen molar-refractivity contribution in [2.24, 2.45) is 0 Å². The number of hydrogen-bond acceptors (Lipinski definition) is 3. The fourth-order valence-electron chi connectivity index (χ4n) is 1.59. The molecule has 0 saturated carbocycles. The van der Waals surface area contributed by atoms with E-state index in [1.165, 1.54) is 7.11 Å². The molecule has 19 heavy (non-hydrogen) atoms. The number of carboxylic acid groups (broad SMARTS) is 1. The van der Waals surface area contributed by atoms with Crippen LogP contribution < -0.4 is 15.4 Å². The molecule has 1 rings (SSSR count). The highest BCUT2D eigenvalue weighted by atomic mass is 16.5. The molecule has 0 fully saturated rings. The highest BCUT2D eigenvalue weighted by Gasteiger charge is 2.23. The van der Waals surface area contributed by atoms with Crippen molar-refractivity contribution in [3.8, 4) is 5.75 Å². The average Bonchev–Trinajstić information content (AvgIpc) is 2.26. The second-order valence-corrected chi connectivity index (χ2v) is 4.77. The van der Waals surface area contributed by atoms with Crippen LogP contribution in [0.3, 0.4) is 0 Å². The lowest BCUT2D eigenvalue weighted by atomic mass is 10.0. The number of amides is 2. The summed E-state index contributed by atoms with van der Waals surface area (Å²) in [6, 6.07) is 6.43. The predicted molar refractivity (Wildman–Crippen MR) is 71.5 cm³/mol. The van der Waals surface area contributed by atoms with Gasteiger partial charge < -0.3 is 20.5 Å². The Morgan fingerprint density at radius 1 is 1.37 bits per heavy atom. The lowest BCUT2D eigenvalue weighted by molar-refractivity contribution is -0.138. The van der Waals surface area contributed by atoms with E-state index in [-0.39, 0.29) is 6.42 Å². The molecule has 2 amide bonds. The second kappa shape index (κ2) is 6.08. The number of aliphatic carboxylic acids is 1. The number of carbonyl (C=O) groups excluding carboxylic acids is 1. The largest absolute Gasteiger partial charge is 0.497 e. The van der Waals surface area contributed by atoms with Gasteiger partial charge in [-0.05, 0) is 26.0 Å². The van der Waals surface area contributed by atoms with Gasteiger partial charge in [0.05, 0.1) is 13.5 Å². The first-order valence-electron chi connectivity index (χ1n) is 5.77. The summed E-state index contributed by atoms with van der Waals surface area (Å²) in [5.41, 5.74) is -0.252. The lowest BCUT2D eigenvalue weighted by Gasteiger charge is -2.24. The molecule has 0 aliphatic carbocycles. The van der Waals surface area contributed by atoms with E-state index < -0.39 is 17.5 Å². The molecule has 0 aromatic heterocycles. The molecular formula is C13H18N2O4. The quantitative estimate of drug-likeness (QED) is 0.761. The number of ether oxygens (including phenoxy) is 1. The van der Waals surface area contributed by atoms with Crippen LogP contribution >= 0.6 is 0 Å². The zero-order chi connectivity index (χ0) is 14.5. The molecule has 0 aliphatic rings. The average molecular weight is 266 g/mol. The molecule has 0 spiro atoms. The van der Waals surface area contributed by atoms with Crippen LogP contribution in [0.2, 0.25) is 0 Å². The summed E-state index contributed by atoms with van der Waals surface area (Å²) >= 11 is 0. The van der Waals surface area contributed by atoms with Crippen LogP contribution in [0.25, 0.3) is 0 Å². The molecule has 3 N–H and O–H groups in total. The van der Waals surface area contributed by atoms with Gasteiger partial charge in [0.25, 0.3) is 0 Å². The fraction of sp³-hybridized carbons (Fsp3) is 0.385.